The predicted molar refractivity (Wildman–Crippen MR) is 130 cm³/mol. The minimum Gasteiger partial charge on any atom is -0.470 e. The van der Waals surface area contributed by atoms with Crippen LogP contribution in [0.3, 0.4) is 0 Å². The van der Waals surface area contributed by atoms with Crippen molar-refractivity contribution in [3.63, 3.8) is 0 Å². The van der Waals surface area contributed by atoms with E-state index in [0.717, 1.165) is 69.9 Å². The average molecular weight is 491 g/mol. The maximum Gasteiger partial charge on any atom is 0.375 e. The number of carbonyl (C=O) groups excluding carboxylic acids is 1. The van der Waals surface area contributed by atoms with Crippen molar-refractivity contribution in [3.05, 3.63) is 58.8 Å². The van der Waals surface area contributed by atoms with E-state index in [9.17, 15) is 4.79 Å². The molecule has 7 rings (SSSR count). The fourth-order valence-corrected chi connectivity index (χ4v) is 6.33. The molecule has 0 spiro atoms. The Balaban J connectivity index is 1.20. The monoisotopic (exact) mass is 490 g/mol. The number of rotatable bonds is 5. The summed E-state index contributed by atoms with van der Waals surface area (Å²) in [6, 6.07) is 4.45. The molecule has 3 heterocycles. The predicted octanol–water partition coefficient (Wildman–Crippen LogP) is 4.13. The minimum atomic E-state index is -1.50. The van der Waals surface area contributed by atoms with Crippen LogP contribution in [0.4, 0.5) is 5.69 Å². The summed E-state index contributed by atoms with van der Waals surface area (Å²) in [4.78, 5) is 20.2. The number of benzene rings is 1. The average Bonchev–Trinajstić information content (AvgIpc) is 3.70. The first-order valence-electron chi connectivity index (χ1n) is 13.1. The maximum absolute atomic E-state index is 13.8. The van der Waals surface area contributed by atoms with Crippen LogP contribution < -0.4 is 5.32 Å². The molecule has 1 aromatic heterocycles. The Morgan fingerprint density at radius 1 is 1.08 bits per heavy atom. The van der Waals surface area contributed by atoms with Gasteiger partial charge in [-0.3, -0.25) is 4.90 Å². The number of hydrogen-bond acceptors (Lipinski definition) is 9. The third kappa shape index (κ3) is 3.47. The number of nitrogens with zero attached hydrogens (tertiary/aromatic N) is 3. The van der Waals surface area contributed by atoms with Gasteiger partial charge in [0, 0.05) is 18.0 Å². The van der Waals surface area contributed by atoms with E-state index < -0.39 is 17.9 Å². The molecule has 0 amide bonds. The number of fused-ring (bicyclic) bond motifs is 2. The van der Waals surface area contributed by atoms with E-state index in [4.69, 9.17) is 23.7 Å². The Morgan fingerprint density at radius 3 is 2.58 bits per heavy atom. The molecule has 1 saturated carbocycles. The first-order chi connectivity index (χ1) is 17.7. The molecule has 3 aliphatic carbocycles. The van der Waals surface area contributed by atoms with E-state index in [-0.39, 0.29) is 12.6 Å². The van der Waals surface area contributed by atoms with Crippen LogP contribution in [0.25, 0.3) is 0 Å². The van der Waals surface area contributed by atoms with E-state index in [1.807, 2.05) is 0 Å². The summed E-state index contributed by atoms with van der Waals surface area (Å²) < 4.78 is 23.3. The van der Waals surface area contributed by atoms with Crippen LogP contribution in [0, 0.1) is 0 Å². The molecular weight excluding hydrogens is 460 g/mol. The molecule has 9 heteroatoms. The van der Waals surface area contributed by atoms with Gasteiger partial charge in [0.1, 0.15) is 30.9 Å². The van der Waals surface area contributed by atoms with Crippen LogP contribution in [-0.4, -0.2) is 40.4 Å². The van der Waals surface area contributed by atoms with Crippen LogP contribution >= 0.6 is 0 Å². The molecule has 1 N–H and O–H groups in total. The highest BCUT2D eigenvalue weighted by atomic mass is 16.6. The Hall–Kier alpha value is -3.49. The normalized spacial score (nSPS) is 26.5. The van der Waals surface area contributed by atoms with Crippen molar-refractivity contribution in [1.29, 1.82) is 0 Å². The summed E-state index contributed by atoms with van der Waals surface area (Å²) in [6.45, 7) is 0.0835. The molecule has 1 aromatic carbocycles. The highest BCUT2D eigenvalue weighted by Gasteiger charge is 2.56. The molecule has 36 heavy (non-hydrogen) atoms. The molecule has 5 aliphatic rings. The van der Waals surface area contributed by atoms with Gasteiger partial charge in [0.2, 0.25) is 6.23 Å². The van der Waals surface area contributed by atoms with Gasteiger partial charge in [-0.1, -0.05) is 11.2 Å². The summed E-state index contributed by atoms with van der Waals surface area (Å²) in [5.41, 5.74) is 5.73. The number of carbonyl (C=O) groups is 1. The van der Waals surface area contributed by atoms with Crippen LogP contribution in [-0.2, 0) is 44.7 Å². The molecular formula is C27H30N4O5. The van der Waals surface area contributed by atoms with E-state index in [1.165, 1.54) is 34.8 Å². The minimum absolute atomic E-state index is 0.0835. The molecule has 2 atom stereocenters. The molecule has 0 bridgehead atoms. The molecule has 2 unspecified atom stereocenters. The zero-order chi connectivity index (χ0) is 24.1. The molecule has 0 saturated heterocycles. The van der Waals surface area contributed by atoms with Gasteiger partial charge < -0.3 is 24.1 Å². The van der Waals surface area contributed by atoms with Gasteiger partial charge in [0.15, 0.2) is 0 Å². The highest BCUT2D eigenvalue weighted by Crippen LogP contribution is 2.41. The van der Waals surface area contributed by atoms with Gasteiger partial charge in [0.25, 0.3) is 6.02 Å². The van der Waals surface area contributed by atoms with Crippen LogP contribution in [0.1, 0.15) is 72.7 Å². The Morgan fingerprint density at radius 2 is 1.86 bits per heavy atom. The maximum atomic E-state index is 13.8. The molecule has 188 valence electrons. The van der Waals surface area contributed by atoms with E-state index >= 15 is 0 Å². The fourth-order valence-electron chi connectivity index (χ4n) is 6.33. The van der Waals surface area contributed by atoms with Gasteiger partial charge in [-0.05, 0) is 86.5 Å². The van der Waals surface area contributed by atoms with Gasteiger partial charge in [-0.25, -0.2) is 9.79 Å². The number of nitrogens with one attached hydrogen (secondary N) is 1. The van der Waals surface area contributed by atoms with Crippen molar-refractivity contribution in [2.45, 2.75) is 82.3 Å². The summed E-state index contributed by atoms with van der Waals surface area (Å²) in [6.07, 6.45) is 14.4. The van der Waals surface area contributed by atoms with Gasteiger partial charge in [-0.15, -0.1) is 0 Å². The molecule has 2 aliphatic heterocycles. The van der Waals surface area contributed by atoms with E-state index in [0.29, 0.717) is 11.7 Å². The second-order valence-electron chi connectivity index (χ2n) is 10.3. The lowest BCUT2D eigenvalue weighted by molar-refractivity contribution is -0.191. The van der Waals surface area contributed by atoms with Gasteiger partial charge in [-0.2, -0.15) is 0 Å². The topological polar surface area (TPSA) is 98.4 Å². The zero-order valence-electron chi connectivity index (χ0n) is 20.2. The summed E-state index contributed by atoms with van der Waals surface area (Å²) >= 11 is 0. The van der Waals surface area contributed by atoms with Crippen molar-refractivity contribution in [1.82, 2.24) is 10.1 Å². The Labute approximate surface area is 209 Å². The number of esters is 1. The molecule has 1 fully saturated rings. The summed E-state index contributed by atoms with van der Waals surface area (Å²) in [5, 5.41) is 7.55. The van der Waals surface area contributed by atoms with E-state index in [1.54, 1.807) is 17.2 Å². The third-order valence-electron chi connectivity index (χ3n) is 8.11. The summed E-state index contributed by atoms with van der Waals surface area (Å²) in [5.74, 6) is -0.456. The number of aryl methyl sites for hydroxylation is 2. The first kappa shape index (κ1) is 21.8. The lowest BCUT2D eigenvalue weighted by atomic mass is 9.99. The van der Waals surface area contributed by atoms with Crippen molar-refractivity contribution in [2.75, 3.05) is 11.9 Å². The van der Waals surface area contributed by atoms with Crippen molar-refractivity contribution in [2.24, 2.45) is 4.99 Å². The third-order valence-corrected chi connectivity index (χ3v) is 8.11. The molecule has 0 radical (unpaired) electrons. The summed E-state index contributed by atoms with van der Waals surface area (Å²) in [7, 11) is 0. The Bertz CT molecular complexity index is 1200. The van der Waals surface area contributed by atoms with Crippen LogP contribution in [0.5, 0.6) is 0 Å². The largest absolute Gasteiger partial charge is 0.470 e. The lowest BCUT2D eigenvalue weighted by Gasteiger charge is -2.37. The first-order valence-corrected chi connectivity index (χ1v) is 13.1. The number of amidine groups is 1. The number of ether oxygens (including phenoxy) is 3. The standard InChI is InChI=1S/C27H30N4O5/c32-25(35-19-7-1-2-8-19)27(31-12-14-33-24(31)22-11-13-34-30-22)16-28-26(36-27)29-23-20-9-3-5-17(20)15-18-6-4-10-21(18)23/h11-15,19,24H,1-10,16H2,(H,28,29). The lowest BCUT2D eigenvalue weighted by Crippen LogP contribution is -2.57. The van der Waals surface area contributed by atoms with Crippen molar-refractivity contribution >= 4 is 17.7 Å². The highest BCUT2D eigenvalue weighted by molar-refractivity contribution is 5.96. The van der Waals surface area contributed by atoms with E-state index in [2.05, 4.69) is 16.5 Å². The smallest absolute Gasteiger partial charge is 0.375 e. The number of aliphatic imine (C=N–C) groups is 1. The van der Waals surface area contributed by atoms with Gasteiger partial charge >= 0.3 is 11.7 Å². The van der Waals surface area contributed by atoms with Gasteiger partial charge in [0.05, 0.1) is 0 Å². The molecule has 9 nitrogen and oxygen atoms in total. The van der Waals surface area contributed by atoms with Crippen molar-refractivity contribution in [3.8, 4) is 0 Å². The Kier molecular flexibility index (Phi) is 5.18. The SMILES string of the molecule is O=C(OC1CCCC1)C1(N2C=COC2c2ccon2)CN=C(Nc2c3c(cc4c2CCC4)CCC3)O1. The number of hydrogen-bond donors (Lipinski definition) is 1. The van der Waals surface area contributed by atoms with Crippen molar-refractivity contribution < 1.29 is 23.5 Å². The number of aromatic nitrogens is 1. The number of anilines is 1. The quantitative estimate of drug-likeness (QED) is 0.625. The van der Waals surface area contributed by atoms with Crippen LogP contribution in [0.2, 0.25) is 0 Å². The fraction of sp³-hybridized carbons (Fsp3) is 0.519. The van der Waals surface area contributed by atoms with Crippen LogP contribution in [0.15, 0.2) is 40.4 Å². The zero-order valence-corrected chi connectivity index (χ0v) is 20.2. The second-order valence-corrected chi connectivity index (χ2v) is 10.3. The molecule has 2 aromatic rings. The second kappa shape index (κ2) is 8.57.